The van der Waals surface area contributed by atoms with E-state index in [1.54, 1.807) is 12.1 Å². The molecule has 0 aromatic heterocycles. The van der Waals surface area contributed by atoms with E-state index < -0.39 is 10.0 Å². The highest BCUT2D eigenvalue weighted by molar-refractivity contribution is 7.89. The Morgan fingerprint density at radius 3 is 2.86 bits per heavy atom. The zero-order chi connectivity index (χ0) is 16.2. The second-order valence-corrected chi connectivity index (χ2v) is 7.74. The minimum Gasteiger partial charge on any atom is -0.492 e. The molecule has 1 heterocycles. The number of aryl methyl sites for hydroxylation is 1. The van der Waals surface area contributed by atoms with Gasteiger partial charge in [-0.05, 0) is 63.9 Å². The van der Waals surface area contributed by atoms with Gasteiger partial charge in [0, 0.05) is 13.1 Å². The number of likely N-dealkylation sites (tertiary alicyclic amines) is 1. The third-order valence-electron chi connectivity index (χ3n) is 3.97. The summed E-state index contributed by atoms with van der Waals surface area (Å²) in [6.07, 6.45) is 2.19. The maximum absolute atomic E-state index is 12.6. The van der Waals surface area contributed by atoms with E-state index in [0.717, 1.165) is 31.5 Å². The van der Waals surface area contributed by atoms with Crippen LogP contribution in [-0.2, 0) is 10.0 Å². The summed E-state index contributed by atoms with van der Waals surface area (Å²) in [6.45, 7) is 6.68. The van der Waals surface area contributed by atoms with Crippen LogP contribution in [0, 0.1) is 12.8 Å². The summed E-state index contributed by atoms with van der Waals surface area (Å²) in [5.41, 5.74) is 0.904. The lowest BCUT2D eigenvalue weighted by Gasteiger charge is -2.29. The fraction of sp³-hybridized carbons (Fsp3) is 0.625. The maximum Gasteiger partial charge on any atom is 0.244 e. The van der Waals surface area contributed by atoms with Gasteiger partial charge in [0.15, 0.2) is 0 Å². The number of piperidine rings is 1. The van der Waals surface area contributed by atoms with Crippen molar-refractivity contribution >= 4 is 10.0 Å². The first kappa shape index (κ1) is 17.2. The van der Waals surface area contributed by atoms with Gasteiger partial charge in [0.05, 0.1) is 6.61 Å². The van der Waals surface area contributed by atoms with Crippen LogP contribution >= 0.6 is 0 Å². The number of benzene rings is 1. The number of sulfonamides is 1. The minimum absolute atomic E-state index is 0.235. The first-order valence-corrected chi connectivity index (χ1v) is 9.32. The van der Waals surface area contributed by atoms with E-state index in [2.05, 4.69) is 16.7 Å². The average Bonchev–Trinajstić information content (AvgIpc) is 2.47. The molecule has 0 amide bonds. The van der Waals surface area contributed by atoms with Gasteiger partial charge < -0.3 is 9.64 Å². The van der Waals surface area contributed by atoms with Crippen LogP contribution in [0.25, 0.3) is 0 Å². The molecule has 6 heteroatoms. The fourth-order valence-electron chi connectivity index (χ4n) is 2.85. The summed E-state index contributed by atoms with van der Waals surface area (Å²) in [5.74, 6) is 0.787. The number of rotatable bonds is 6. The van der Waals surface area contributed by atoms with E-state index in [0.29, 0.717) is 24.8 Å². The molecule has 1 aromatic carbocycles. The predicted octanol–water partition coefficient (Wildman–Crippen LogP) is 2.01. The molecule has 0 aliphatic carbocycles. The third-order valence-corrected chi connectivity index (χ3v) is 5.42. The molecule has 2 rings (SSSR count). The van der Waals surface area contributed by atoms with Crippen molar-refractivity contribution in [3.05, 3.63) is 23.8 Å². The van der Waals surface area contributed by atoms with E-state index in [9.17, 15) is 8.42 Å². The molecule has 0 saturated carbocycles. The molecular formula is C16H26N2O3S. The molecule has 0 radical (unpaired) electrons. The Morgan fingerprint density at radius 2 is 2.18 bits per heavy atom. The molecule has 1 N–H and O–H groups in total. The molecular weight excluding hydrogens is 300 g/mol. The number of nitrogens with zero attached hydrogens (tertiary/aromatic N) is 1. The molecule has 1 atom stereocenters. The van der Waals surface area contributed by atoms with E-state index in [4.69, 9.17) is 4.74 Å². The number of nitrogens with one attached hydrogen (secondary N) is 1. The van der Waals surface area contributed by atoms with Crippen LogP contribution in [0.5, 0.6) is 5.75 Å². The van der Waals surface area contributed by atoms with E-state index in [1.807, 2.05) is 19.9 Å². The second kappa shape index (κ2) is 7.44. The molecule has 1 aromatic rings. The molecule has 5 nitrogen and oxygen atoms in total. The minimum atomic E-state index is -3.55. The Hall–Kier alpha value is -1.11. The van der Waals surface area contributed by atoms with Gasteiger partial charge in [0.2, 0.25) is 10.0 Å². The van der Waals surface area contributed by atoms with Gasteiger partial charge in [-0.25, -0.2) is 13.1 Å². The summed E-state index contributed by atoms with van der Waals surface area (Å²) in [5, 5.41) is 0. The monoisotopic (exact) mass is 326 g/mol. The summed E-state index contributed by atoms with van der Waals surface area (Å²) in [4.78, 5) is 2.49. The van der Waals surface area contributed by atoms with Crippen LogP contribution in [0.4, 0.5) is 0 Å². The maximum atomic E-state index is 12.6. The van der Waals surface area contributed by atoms with E-state index >= 15 is 0 Å². The van der Waals surface area contributed by atoms with Gasteiger partial charge in [0.1, 0.15) is 10.6 Å². The molecule has 0 spiro atoms. The molecule has 1 fully saturated rings. The lowest BCUT2D eigenvalue weighted by molar-refractivity contribution is 0.211. The number of hydrogen-bond acceptors (Lipinski definition) is 4. The van der Waals surface area contributed by atoms with E-state index in [-0.39, 0.29) is 4.90 Å². The Labute approximate surface area is 133 Å². The Balaban J connectivity index is 2.11. The van der Waals surface area contributed by atoms with Crippen LogP contribution in [0.2, 0.25) is 0 Å². The quantitative estimate of drug-likeness (QED) is 0.869. The molecule has 0 bridgehead atoms. The lowest BCUT2D eigenvalue weighted by atomic mass is 9.99. The van der Waals surface area contributed by atoms with Crippen molar-refractivity contribution in [2.24, 2.45) is 5.92 Å². The summed E-state index contributed by atoms with van der Waals surface area (Å²) < 4.78 is 33.4. The van der Waals surface area contributed by atoms with Gasteiger partial charge in [0.25, 0.3) is 0 Å². The van der Waals surface area contributed by atoms with E-state index in [1.165, 1.54) is 0 Å². The van der Waals surface area contributed by atoms with Crippen LogP contribution in [0.3, 0.4) is 0 Å². The number of hydrogen-bond donors (Lipinski definition) is 1. The molecule has 22 heavy (non-hydrogen) atoms. The third kappa shape index (κ3) is 4.44. The fourth-order valence-corrected chi connectivity index (χ4v) is 4.19. The SMILES string of the molecule is CCOc1ccc(C)cc1S(=O)(=O)NCC1CCCN(C)C1. The first-order chi connectivity index (χ1) is 10.4. The van der Waals surface area contributed by atoms with Crippen molar-refractivity contribution in [3.63, 3.8) is 0 Å². The van der Waals surface area contributed by atoms with Crippen molar-refractivity contribution in [2.75, 3.05) is 33.3 Å². The van der Waals surface area contributed by atoms with Crippen molar-refractivity contribution in [1.29, 1.82) is 0 Å². The van der Waals surface area contributed by atoms with Gasteiger partial charge >= 0.3 is 0 Å². The van der Waals surface area contributed by atoms with Crippen LogP contribution < -0.4 is 9.46 Å². The zero-order valence-electron chi connectivity index (χ0n) is 13.6. The van der Waals surface area contributed by atoms with Crippen LogP contribution in [0.1, 0.15) is 25.3 Å². The number of ether oxygens (including phenoxy) is 1. The highest BCUT2D eigenvalue weighted by atomic mass is 32.2. The molecule has 1 aliphatic rings. The molecule has 1 unspecified atom stereocenters. The smallest absolute Gasteiger partial charge is 0.244 e. The Kier molecular flexibility index (Phi) is 5.83. The summed E-state index contributed by atoms with van der Waals surface area (Å²) >= 11 is 0. The van der Waals surface area contributed by atoms with Gasteiger partial charge in [-0.15, -0.1) is 0 Å². The second-order valence-electron chi connectivity index (χ2n) is 6.01. The zero-order valence-corrected chi connectivity index (χ0v) is 14.4. The Morgan fingerprint density at radius 1 is 1.41 bits per heavy atom. The summed E-state index contributed by atoms with van der Waals surface area (Å²) in [6, 6.07) is 5.25. The van der Waals surface area contributed by atoms with Crippen molar-refractivity contribution in [1.82, 2.24) is 9.62 Å². The van der Waals surface area contributed by atoms with Crippen LogP contribution in [0.15, 0.2) is 23.1 Å². The Bertz CT molecular complexity index is 601. The standard InChI is InChI=1S/C16H26N2O3S/c1-4-21-15-8-7-13(2)10-16(15)22(19,20)17-11-14-6-5-9-18(3)12-14/h7-8,10,14,17H,4-6,9,11-12H2,1-3H3. The van der Waals surface area contributed by atoms with Gasteiger partial charge in [-0.1, -0.05) is 6.07 Å². The molecule has 1 saturated heterocycles. The molecule has 124 valence electrons. The largest absolute Gasteiger partial charge is 0.492 e. The highest BCUT2D eigenvalue weighted by Gasteiger charge is 2.23. The first-order valence-electron chi connectivity index (χ1n) is 7.84. The van der Waals surface area contributed by atoms with Gasteiger partial charge in [-0.3, -0.25) is 0 Å². The van der Waals surface area contributed by atoms with Crippen molar-refractivity contribution in [2.45, 2.75) is 31.6 Å². The van der Waals surface area contributed by atoms with Crippen LogP contribution in [-0.4, -0.2) is 46.6 Å². The normalized spacial score (nSPS) is 20.0. The van der Waals surface area contributed by atoms with Crippen molar-refractivity contribution < 1.29 is 13.2 Å². The predicted molar refractivity (Wildman–Crippen MR) is 87.8 cm³/mol. The van der Waals surface area contributed by atoms with Crippen molar-refractivity contribution in [3.8, 4) is 5.75 Å². The average molecular weight is 326 g/mol. The highest BCUT2D eigenvalue weighted by Crippen LogP contribution is 2.25. The lowest BCUT2D eigenvalue weighted by Crippen LogP contribution is -2.39. The van der Waals surface area contributed by atoms with Gasteiger partial charge in [-0.2, -0.15) is 0 Å². The summed E-state index contributed by atoms with van der Waals surface area (Å²) in [7, 11) is -1.47. The molecule has 1 aliphatic heterocycles. The topological polar surface area (TPSA) is 58.6 Å².